The number of hydrogen-bond donors (Lipinski definition) is 6. The third kappa shape index (κ3) is 28.9. The number of carbonyl (C=O) groups excluding carboxylic acids is 3. The summed E-state index contributed by atoms with van der Waals surface area (Å²) in [6.07, 6.45) is 17.6. The molecule has 514 valence electrons. The van der Waals surface area contributed by atoms with Crippen LogP contribution in [0.3, 0.4) is 0 Å². The van der Waals surface area contributed by atoms with E-state index in [1.54, 1.807) is 89.3 Å². The van der Waals surface area contributed by atoms with Crippen LogP contribution >= 0.6 is 0 Å². The second-order valence-electron chi connectivity index (χ2n) is 26.8. The van der Waals surface area contributed by atoms with Crippen LogP contribution in [0, 0.1) is 0 Å². The number of likely N-dealkylation sites (N-methyl/N-ethyl adjacent to an activating group) is 2. The largest absolute Gasteiger partial charge is 0.490 e. The van der Waals surface area contributed by atoms with Crippen LogP contribution < -0.4 is 57.7 Å². The third-order valence-corrected chi connectivity index (χ3v) is 14.5. The second-order valence-corrected chi connectivity index (χ2v) is 26.8. The zero-order valence-corrected chi connectivity index (χ0v) is 57.2. The third-order valence-electron chi connectivity index (χ3n) is 14.5. The van der Waals surface area contributed by atoms with E-state index >= 15 is 0 Å². The summed E-state index contributed by atoms with van der Waals surface area (Å²) < 4.78 is 45.0. The predicted octanol–water partition coefficient (Wildman–Crippen LogP) is 9.89. The SMILES string of the molecule is CC(C)(C)OC(=O)N1CCC[C@@H]1COc1ccc(N)nc1.CC(C)(C)OC(=O)N1CCC[C@H]1COc1ccc(N)nc1.CC(C)(C)OC(=O)N[C@@H]1CCC[C@H]1Oc1ccc(N)nc1.CC(CN(C)C)Oc1ccc(N)nc1.CN(C)[C@@H]1CCC[C@H]1Oc1ccc(N)nc1. The number of nitrogen functional groups attached to an aromatic ring is 5. The average molecular weight is 1300 g/mol. The Kier molecular flexibility index (Phi) is 29.2. The lowest BCUT2D eigenvalue weighted by molar-refractivity contribution is 0.0177. The van der Waals surface area contributed by atoms with Crippen molar-refractivity contribution in [1.82, 2.24) is 49.8 Å². The van der Waals surface area contributed by atoms with Gasteiger partial charge in [0, 0.05) is 25.7 Å². The average Bonchev–Trinajstić information content (AvgIpc) is 2.06. The van der Waals surface area contributed by atoms with Gasteiger partial charge >= 0.3 is 18.3 Å². The molecule has 7 heterocycles. The lowest BCUT2D eigenvalue weighted by atomic mass is 10.2. The summed E-state index contributed by atoms with van der Waals surface area (Å²) in [7, 11) is 8.24. The van der Waals surface area contributed by atoms with E-state index in [0.29, 0.717) is 78.7 Å². The molecule has 2 saturated heterocycles. The molecule has 2 aliphatic carbocycles. The van der Waals surface area contributed by atoms with Gasteiger partial charge in [-0.05, 0) is 222 Å². The van der Waals surface area contributed by atoms with Crippen molar-refractivity contribution in [3.05, 3.63) is 91.6 Å². The number of rotatable bonds is 16. The highest BCUT2D eigenvalue weighted by atomic mass is 16.6. The summed E-state index contributed by atoms with van der Waals surface area (Å²) in [6, 6.07) is 18.2. The molecular formula is C67H105N15O11. The minimum atomic E-state index is -0.500. The van der Waals surface area contributed by atoms with Gasteiger partial charge in [0.2, 0.25) is 0 Å². The van der Waals surface area contributed by atoms with Gasteiger partial charge in [-0.15, -0.1) is 0 Å². The molecule has 0 radical (unpaired) electrons. The van der Waals surface area contributed by atoms with Gasteiger partial charge in [0.15, 0.2) is 0 Å². The highest BCUT2D eigenvalue weighted by molar-refractivity contribution is 5.69. The van der Waals surface area contributed by atoms with E-state index in [9.17, 15) is 14.4 Å². The lowest BCUT2D eigenvalue weighted by Gasteiger charge is -2.28. The Morgan fingerprint density at radius 3 is 1.26 bits per heavy atom. The Labute approximate surface area is 550 Å². The molecule has 2 saturated carbocycles. The van der Waals surface area contributed by atoms with Crippen molar-refractivity contribution in [2.45, 2.75) is 193 Å². The standard InChI is InChI=1S/3C15H23N3O3.C12H19N3O.C10H17N3O/c2*1-15(2,3)21-14(19)18-8-4-5-11(18)10-20-12-6-7-13(16)17-9-12;1-15(2,3)21-14(19)18-11-5-4-6-12(11)20-10-7-8-13(16)17-9-10;1-15(2)10-4-3-5-11(10)16-9-6-7-12(13)14-8-9;1-8(7-13(2)3)14-9-4-5-10(11)12-6-9/h2*6-7,9,11H,4-5,8,10H2,1-3H3,(H2,16,17);7-9,11-12H,4-6H2,1-3H3,(H2,16,17)(H,18,19);6-8,10-11H,3-5H2,1-2H3,(H2,13,14);4-6,8H,7H2,1-3H3,(H2,11,12)/t2*11-;11-,12-;10-,11-;/m1011./s1. The number of carbonyl (C=O) groups is 3. The van der Waals surface area contributed by atoms with Gasteiger partial charge in [0.05, 0.1) is 49.1 Å². The molecule has 9 rings (SSSR count). The summed E-state index contributed by atoms with van der Waals surface area (Å²) in [5, 5.41) is 2.89. The van der Waals surface area contributed by atoms with E-state index in [1.165, 1.54) is 12.8 Å². The van der Waals surface area contributed by atoms with Gasteiger partial charge in [-0.1, -0.05) is 0 Å². The molecule has 26 heteroatoms. The first-order chi connectivity index (χ1) is 43.8. The van der Waals surface area contributed by atoms with Gasteiger partial charge < -0.3 is 91.5 Å². The molecule has 7 atom stereocenters. The molecule has 0 aromatic carbocycles. The number of hydrogen-bond acceptors (Lipinski definition) is 23. The molecule has 11 N–H and O–H groups in total. The molecule has 3 amide bonds. The van der Waals surface area contributed by atoms with Crippen LogP contribution in [-0.4, -0.2) is 183 Å². The van der Waals surface area contributed by atoms with Crippen LogP contribution in [0.25, 0.3) is 0 Å². The second kappa shape index (κ2) is 36.1. The molecular weight excluding hydrogens is 1190 g/mol. The lowest BCUT2D eigenvalue weighted by Crippen LogP contribution is -2.44. The Morgan fingerprint density at radius 2 is 0.882 bits per heavy atom. The van der Waals surface area contributed by atoms with Crippen LogP contribution in [-0.2, 0) is 14.2 Å². The number of ether oxygens (including phenoxy) is 8. The topological polar surface area (TPSA) is 345 Å². The van der Waals surface area contributed by atoms with Crippen LogP contribution in [0.1, 0.15) is 133 Å². The van der Waals surface area contributed by atoms with E-state index in [4.69, 9.17) is 66.6 Å². The van der Waals surface area contributed by atoms with E-state index < -0.39 is 22.9 Å². The van der Waals surface area contributed by atoms with E-state index in [1.807, 2.05) is 95.5 Å². The zero-order chi connectivity index (χ0) is 68.5. The Bertz CT molecular complexity index is 2890. The summed E-state index contributed by atoms with van der Waals surface area (Å²) in [6.45, 7) is 21.9. The number of pyridine rings is 5. The minimum Gasteiger partial charge on any atom is -0.490 e. The monoisotopic (exact) mass is 1300 g/mol. The predicted molar refractivity (Wildman–Crippen MR) is 362 cm³/mol. The highest BCUT2D eigenvalue weighted by Crippen LogP contribution is 2.29. The number of nitrogens with one attached hydrogen (secondary N) is 1. The Balaban J connectivity index is 0.000000213. The zero-order valence-electron chi connectivity index (χ0n) is 57.2. The Morgan fingerprint density at radius 1 is 0.505 bits per heavy atom. The van der Waals surface area contributed by atoms with Gasteiger partial charge in [-0.25, -0.2) is 39.3 Å². The first-order valence-corrected chi connectivity index (χ1v) is 31.9. The van der Waals surface area contributed by atoms with Crippen molar-refractivity contribution in [3.8, 4) is 28.7 Å². The molecule has 1 unspecified atom stereocenters. The first-order valence-electron chi connectivity index (χ1n) is 31.9. The fourth-order valence-electron chi connectivity index (χ4n) is 10.3. The maximum absolute atomic E-state index is 12.1. The highest BCUT2D eigenvalue weighted by Gasteiger charge is 2.36. The van der Waals surface area contributed by atoms with Crippen LogP contribution in [0.2, 0.25) is 0 Å². The first kappa shape index (κ1) is 75.2. The smallest absolute Gasteiger partial charge is 0.410 e. The van der Waals surface area contributed by atoms with Crippen molar-refractivity contribution in [1.29, 1.82) is 0 Å². The number of amides is 3. The number of likely N-dealkylation sites (tertiary alicyclic amines) is 2. The van der Waals surface area contributed by atoms with Crippen molar-refractivity contribution < 1.29 is 52.3 Å². The fourth-order valence-corrected chi connectivity index (χ4v) is 10.3. The van der Waals surface area contributed by atoms with Crippen molar-refractivity contribution in [3.63, 3.8) is 0 Å². The number of alkyl carbamates (subject to hydrolysis) is 1. The van der Waals surface area contributed by atoms with E-state index in [2.05, 4.69) is 54.1 Å². The van der Waals surface area contributed by atoms with E-state index in [-0.39, 0.29) is 48.6 Å². The molecule has 2 aliphatic heterocycles. The van der Waals surface area contributed by atoms with Gasteiger partial charge in [0.1, 0.15) is 106 Å². The van der Waals surface area contributed by atoms with E-state index in [0.717, 1.165) is 69.4 Å². The molecule has 0 bridgehead atoms. The molecule has 5 aromatic heterocycles. The van der Waals surface area contributed by atoms with Gasteiger partial charge in [0.25, 0.3) is 0 Å². The molecule has 5 aromatic rings. The summed E-state index contributed by atoms with van der Waals surface area (Å²) in [4.78, 5) is 63.9. The quantitative estimate of drug-likeness (QED) is 0.0500. The summed E-state index contributed by atoms with van der Waals surface area (Å²) in [5.41, 5.74) is 26.1. The Hall–Kier alpha value is -8.52. The van der Waals surface area contributed by atoms with Gasteiger partial charge in [-0.2, -0.15) is 0 Å². The molecule has 26 nitrogen and oxygen atoms in total. The number of nitrogens with zero attached hydrogens (tertiary/aromatic N) is 9. The molecule has 4 aliphatic rings. The number of nitrogens with two attached hydrogens (primary N) is 5. The van der Waals surface area contributed by atoms with Crippen molar-refractivity contribution in [2.75, 3.05) is 89.7 Å². The van der Waals surface area contributed by atoms with Crippen molar-refractivity contribution in [2.24, 2.45) is 0 Å². The normalized spacial score (nSPS) is 19.6. The molecule has 0 spiro atoms. The number of aromatic nitrogens is 5. The van der Waals surface area contributed by atoms with Gasteiger partial charge in [-0.3, -0.25) is 0 Å². The van der Waals surface area contributed by atoms with Crippen LogP contribution in [0.15, 0.2) is 91.6 Å². The van der Waals surface area contributed by atoms with Crippen LogP contribution in [0.5, 0.6) is 28.7 Å². The summed E-state index contributed by atoms with van der Waals surface area (Å²) in [5.74, 6) is 5.95. The molecule has 93 heavy (non-hydrogen) atoms. The summed E-state index contributed by atoms with van der Waals surface area (Å²) >= 11 is 0. The maximum Gasteiger partial charge on any atom is 0.410 e. The minimum absolute atomic E-state index is 0.0393. The van der Waals surface area contributed by atoms with Crippen molar-refractivity contribution >= 4 is 47.4 Å². The fraction of sp³-hybridized carbons (Fsp3) is 0.582. The van der Waals surface area contributed by atoms with Crippen LogP contribution in [0.4, 0.5) is 43.5 Å². The maximum atomic E-state index is 12.1. The molecule has 4 fully saturated rings. The number of anilines is 5.